The molecule has 14 heavy (non-hydrogen) atoms. The van der Waals surface area contributed by atoms with Gasteiger partial charge in [-0.3, -0.25) is 4.79 Å². The molecule has 0 spiro atoms. The minimum atomic E-state index is -0.374. The molecule has 0 aliphatic carbocycles. The molecule has 0 saturated carbocycles. The lowest BCUT2D eigenvalue weighted by molar-refractivity contribution is -0.112. The van der Waals surface area contributed by atoms with Crippen LogP contribution >= 0.6 is 23.2 Å². The summed E-state index contributed by atoms with van der Waals surface area (Å²) in [5, 5.41) is 1.39. The Hall–Kier alpha value is -0.860. The molecular weight excluding hydrogens is 221 g/mol. The van der Waals surface area contributed by atoms with Crippen LogP contribution in [0.4, 0.5) is 0 Å². The normalized spacial score (nSPS) is 16.5. The van der Waals surface area contributed by atoms with Crippen molar-refractivity contribution in [1.29, 1.82) is 0 Å². The number of nitrogens with zero attached hydrogens (tertiary/aromatic N) is 1. The molecule has 0 radical (unpaired) electrons. The number of fused-ring (bicyclic) bond motifs is 1. The molecular formula is C10H7Cl2NO. The van der Waals surface area contributed by atoms with Gasteiger partial charge >= 0.3 is 0 Å². The summed E-state index contributed by atoms with van der Waals surface area (Å²) < 4.78 is 0. The van der Waals surface area contributed by atoms with E-state index in [1.165, 1.54) is 0 Å². The third-order valence-electron chi connectivity index (χ3n) is 2.13. The summed E-state index contributed by atoms with van der Waals surface area (Å²) in [5.74, 6) is -0.374. The number of carbonyl (C=O) groups is 1. The van der Waals surface area contributed by atoms with E-state index in [-0.39, 0.29) is 16.3 Å². The summed E-state index contributed by atoms with van der Waals surface area (Å²) in [4.78, 5) is 14.9. The van der Waals surface area contributed by atoms with Crippen molar-refractivity contribution in [2.75, 3.05) is 0 Å². The van der Waals surface area contributed by atoms with Crippen molar-refractivity contribution >= 4 is 34.1 Å². The number of rotatable bonds is 1. The predicted molar refractivity (Wildman–Crippen MR) is 55.8 cm³/mol. The first-order chi connectivity index (χ1) is 6.59. The van der Waals surface area contributed by atoms with Crippen molar-refractivity contribution in [3.8, 4) is 0 Å². The first kappa shape index (κ1) is 9.69. The molecule has 1 aromatic carbocycles. The van der Waals surface area contributed by atoms with Crippen LogP contribution in [-0.2, 0) is 4.79 Å². The second-order valence-corrected chi connectivity index (χ2v) is 4.16. The minimum Gasteiger partial charge on any atom is -0.266 e. The van der Waals surface area contributed by atoms with Crippen molar-refractivity contribution in [2.24, 2.45) is 4.99 Å². The molecule has 0 bridgehead atoms. The van der Waals surface area contributed by atoms with E-state index in [9.17, 15) is 4.79 Å². The zero-order valence-corrected chi connectivity index (χ0v) is 8.93. The Bertz CT molecular complexity index is 519. The molecule has 72 valence electrons. The predicted octanol–water partition coefficient (Wildman–Crippen LogP) is 1.49. The third-order valence-corrected chi connectivity index (χ3v) is 2.74. The van der Waals surface area contributed by atoms with E-state index in [2.05, 4.69) is 4.99 Å². The fourth-order valence-corrected chi connectivity index (χ4v) is 1.68. The van der Waals surface area contributed by atoms with Gasteiger partial charge in [-0.15, -0.1) is 11.6 Å². The lowest BCUT2D eigenvalue weighted by Gasteiger charge is -2.00. The molecule has 2 rings (SSSR count). The Morgan fingerprint density at radius 3 is 2.79 bits per heavy atom. The molecule has 1 unspecified atom stereocenters. The van der Waals surface area contributed by atoms with Crippen LogP contribution in [0, 0.1) is 0 Å². The van der Waals surface area contributed by atoms with Gasteiger partial charge in [0.1, 0.15) is 5.03 Å². The van der Waals surface area contributed by atoms with Gasteiger partial charge in [-0.25, -0.2) is 4.99 Å². The molecule has 1 amide bonds. The number of hydrogen-bond donors (Lipinski definition) is 0. The van der Waals surface area contributed by atoms with Gasteiger partial charge in [0, 0.05) is 5.22 Å². The molecule has 0 N–H and O–H groups in total. The summed E-state index contributed by atoms with van der Waals surface area (Å²) in [6.07, 6.45) is 0. The van der Waals surface area contributed by atoms with Gasteiger partial charge in [0.15, 0.2) is 0 Å². The number of carbonyl (C=O) groups excluding carboxylic acids is 1. The first-order valence-corrected chi connectivity index (χ1v) is 4.98. The maximum Gasteiger partial charge on any atom is 0.289 e. The van der Waals surface area contributed by atoms with Gasteiger partial charge in [-0.1, -0.05) is 17.7 Å². The summed E-state index contributed by atoms with van der Waals surface area (Å²) in [6.45, 7) is 1.87. The van der Waals surface area contributed by atoms with Gasteiger partial charge in [0.2, 0.25) is 0 Å². The number of alkyl halides is 1. The Morgan fingerprint density at radius 1 is 1.43 bits per heavy atom. The number of amides is 1. The van der Waals surface area contributed by atoms with E-state index in [1.54, 1.807) is 6.07 Å². The fraction of sp³-hybridized carbons (Fsp3) is 0.200. The molecule has 1 heterocycles. The molecule has 0 fully saturated rings. The minimum absolute atomic E-state index is 0.0968. The van der Waals surface area contributed by atoms with Gasteiger partial charge in [-0.2, -0.15) is 0 Å². The van der Waals surface area contributed by atoms with E-state index in [1.807, 2.05) is 19.1 Å². The van der Waals surface area contributed by atoms with Gasteiger partial charge in [0.05, 0.1) is 10.7 Å². The molecule has 4 heteroatoms. The van der Waals surface area contributed by atoms with Crippen LogP contribution in [-0.4, -0.2) is 5.91 Å². The van der Waals surface area contributed by atoms with E-state index >= 15 is 0 Å². The Labute approximate surface area is 90.9 Å². The lowest BCUT2D eigenvalue weighted by Crippen LogP contribution is -2.22. The van der Waals surface area contributed by atoms with Crippen LogP contribution in [0.15, 0.2) is 23.2 Å². The number of hydrogen-bond acceptors (Lipinski definition) is 1. The van der Waals surface area contributed by atoms with Crippen LogP contribution in [0.2, 0.25) is 0 Å². The van der Waals surface area contributed by atoms with E-state index in [0.717, 1.165) is 5.56 Å². The Balaban J connectivity index is 2.75. The standard InChI is InChI=1S/C10H7Cl2NO/c1-5(11)6-2-3-8-7(4-6)9(12)10(14)13-8/h2-5H,1H3. The highest BCUT2D eigenvalue weighted by molar-refractivity contribution is 6.61. The molecule has 1 aliphatic heterocycles. The van der Waals surface area contributed by atoms with Crippen LogP contribution in [0.5, 0.6) is 0 Å². The average Bonchev–Trinajstić information content (AvgIpc) is 2.43. The molecule has 0 aromatic heterocycles. The third kappa shape index (κ3) is 1.45. The highest BCUT2D eigenvalue weighted by Crippen LogP contribution is 2.17. The van der Waals surface area contributed by atoms with Crippen molar-refractivity contribution in [2.45, 2.75) is 12.3 Å². The molecule has 0 saturated heterocycles. The Kier molecular flexibility index (Phi) is 2.33. The second kappa shape index (κ2) is 3.37. The summed E-state index contributed by atoms with van der Waals surface area (Å²) >= 11 is 11.7. The fourth-order valence-electron chi connectivity index (χ4n) is 1.35. The van der Waals surface area contributed by atoms with Gasteiger partial charge in [-0.05, 0) is 24.6 Å². The van der Waals surface area contributed by atoms with Crippen molar-refractivity contribution in [3.63, 3.8) is 0 Å². The SMILES string of the molecule is CC(Cl)c1ccc2c(c1)=C(Cl)C(=O)N=2. The lowest BCUT2D eigenvalue weighted by atomic mass is 10.1. The first-order valence-electron chi connectivity index (χ1n) is 4.16. The molecule has 1 aromatic rings. The van der Waals surface area contributed by atoms with Crippen molar-refractivity contribution in [1.82, 2.24) is 0 Å². The zero-order chi connectivity index (χ0) is 10.3. The number of benzene rings is 1. The quantitative estimate of drug-likeness (QED) is 0.669. The van der Waals surface area contributed by atoms with Crippen LogP contribution in [0.3, 0.4) is 0 Å². The zero-order valence-electron chi connectivity index (χ0n) is 7.42. The van der Waals surface area contributed by atoms with Crippen LogP contribution in [0.25, 0.3) is 5.03 Å². The van der Waals surface area contributed by atoms with Crippen LogP contribution in [0.1, 0.15) is 17.9 Å². The summed E-state index contributed by atoms with van der Waals surface area (Å²) in [6, 6.07) is 5.42. The van der Waals surface area contributed by atoms with E-state index in [4.69, 9.17) is 23.2 Å². The Morgan fingerprint density at radius 2 is 2.14 bits per heavy atom. The maximum absolute atomic E-state index is 11.1. The van der Waals surface area contributed by atoms with E-state index < -0.39 is 0 Å². The highest BCUT2D eigenvalue weighted by Gasteiger charge is 2.14. The van der Waals surface area contributed by atoms with E-state index in [0.29, 0.717) is 10.6 Å². The molecule has 1 aliphatic rings. The van der Waals surface area contributed by atoms with Crippen molar-refractivity contribution < 1.29 is 4.79 Å². The van der Waals surface area contributed by atoms with Crippen LogP contribution < -0.4 is 10.6 Å². The molecule has 1 atom stereocenters. The average molecular weight is 228 g/mol. The number of halogens is 2. The van der Waals surface area contributed by atoms with Gasteiger partial charge < -0.3 is 0 Å². The van der Waals surface area contributed by atoms with Gasteiger partial charge in [0.25, 0.3) is 5.91 Å². The maximum atomic E-state index is 11.1. The monoisotopic (exact) mass is 227 g/mol. The molecule has 2 nitrogen and oxygen atoms in total. The second-order valence-electron chi connectivity index (χ2n) is 3.12. The largest absolute Gasteiger partial charge is 0.289 e. The summed E-state index contributed by atoms with van der Waals surface area (Å²) in [5.41, 5.74) is 0.938. The smallest absolute Gasteiger partial charge is 0.266 e. The highest BCUT2D eigenvalue weighted by atomic mass is 35.5. The summed E-state index contributed by atoms with van der Waals surface area (Å²) in [7, 11) is 0. The topological polar surface area (TPSA) is 29.4 Å². The van der Waals surface area contributed by atoms with Crippen molar-refractivity contribution in [3.05, 3.63) is 34.3 Å².